The number of benzene rings is 2. The minimum atomic E-state index is 0.744. The molecule has 0 amide bonds. The van der Waals surface area contributed by atoms with Gasteiger partial charge in [0.15, 0.2) is 5.82 Å². The van der Waals surface area contributed by atoms with Crippen LogP contribution in [0, 0.1) is 0 Å². The van der Waals surface area contributed by atoms with Crippen LogP contribution in [0.25, 0.3) is 0 Å². The second kappa shape index (κ2) is 11.2. The molecule has 0 bridgehead atoms. The summed E-state index contributed by atoms with van der Waals surface area (Å²) < 4.78 is 1.86. The van der Waals surface area contributed by atoms with Gasteiger partial charge in [0, 0.05) is 36.0 Å². The lowest BCUT2D eigenvalue weighted by Crippen LogP contribution is -2.21. The summed E-state index contributed by atoms with van der Waals surface area (Å²) >= 11 is 7.61. The largest absolute Gasteiger partial charge is 0.372 e. The summed E-state index contributed by atoms with van der Waals surface area (Å²) in [4.78, 5) is 2.32. The number of thioether (sulfide) groups is 1. The number of hydrogen-bond acceptors (Lipinski definition) is 5. The lowest BCUT2D eigenvalue weighted by molar-refractivity contribution is 0.700. The van der Waals surface area contributed by atoms with Crippen molar-refractivity contribution in [3.63, 3.8) is 0 Å². The Bertz CT molecular complexity index is 947. The zero-order valence-electron chi connectivity index (χ0n) is 17.8. The van der Waals surface area contributed by atoms with Crippen LogP contribution in [0.3, 0.4) is 0 Å². The van der Waals surface area contributed by atoms with E-state index < -0.39 is 0 Å². The number of aryl methyl sites for hydroxylation is 1. The number of hydrogen-bond donors (Lipinski definition) is 0. The van der Waals surface area contributed by atoms with E-state index in [-0.39, 0.29) is 0 Å². The Morgan fingerprint density at radius 3 is 2.33 bits per heavy atom. The van der Waals surface area contributed by atoms with Crippen molar-refractivity contribution in [2.75, 3.05) is 18.0 Å². The van der Waals surface area contributed by atoms with Gasteiger partial charge in [0.1, 0.15) is 0 Å². The first-order valence-corrected chi connectivity index (χ1v) is 11.7. The molecule has 0 N–H and O–H groups in total. The van der Waals surface area contributed by atoms with Gasteiger partial charge in [0.2, 0.25) is 5.16 Å². The number of halogens is 1. The molecule has 0 radical (unpaired) electrons. The van der Waals surface area contributed by atoms with Crippen molar-refractivity contribution in [1.29, 1.82) is 0 Å². The van der Waals surface area contributed by atoms with Crippen molar-refractivity contribution >= 4 is 35.3 Å². The summed E-state index contributed by atoms with van der Waals surface area (Å²) in [6.07, 6.45) is 3.71. The van der Waals surface area contributed by atoms with Gasteiger partial charge >= 0.3 is 0 Å². The van der Waals surface area contributed by atoms with Crippen LogP contribution in [0.1, 0.15) is 44.1 Å². The lowest BCUT2D eigenvalue weighted by atomic mass is 10.2. The van der Waals surface area contributed by atoms with Gasteiger partial charge in [0.05, 0.1) is 6.21 Å². The molecule has 3 aromatic rings. The predicted octanol–water partition coefficient (Wildman–Crippen LogP) is 5.90. The summed E-state index contributed by atoms with van der Waals surface area (Å²) in [5, 5.41) is 15.0. The third-order valence-corrected chi connectivity index (χ3v) is 6.02. The Kier molecular flexibility index (Phi) is 8.34. The highest BCUT2D eigenvalue weighted by molar-refractivity contribution is 7.98. The van der Waals surface area contributed by atoms with E-state index in [1.54, 1.807) is 11.8 Å². The molecule has 0 unspecified atom stereocenters. The Labute approximate surface area is 188 Å². The van der Waals surface area contributed by atoms with Crippen LogP contribution in [0.15, 0.2) is 58.8 Å². The van der Waals surface area contributed by atoms with Crippen molar-refractivity contribution in [3.8, 4) is 0 Å². The third-order valence-electron chi connectivity index (χ3n) is 4.78. The highest BCUT2D eigenvalue weighted by Crippen LogP contribution is 2.23. The molecule has 0 saturated heterocycles. The quantitative estimate of drug-likeness (QED) is 0.290. The van der Waals surface area contributed by atoms with Gasteiger partial charge in [-0.1, -0.05) is 54.6 Å². The molecule has 0 aliphatic carbocycles. The Morgan fingerprint density at radius 1 is 1.00 bits per heavy atom. The van der Waals surface area contributed by atoms with Gasteiger partial charge in [-0.15, -0.1) is 10.2 Å². The number of rotatable bonds is 10. The monoisotopic (exact) mass is 441 g/mol. The molecule has 0 atom stereocenters. The molecule has 7 heteroatoms. The molecule has 0 fully saturated rings. The van der Waals surface area contributed by atoms with Crippen molar-refractivity contribution in [2.24, 2.45) is 5.10 Å². The summed E-state index contributed by atoms with van der Waals surface area (Å²) in [5.41, 5.74) is 3.47. The first-order chi connectivity index (χ1) is 14.6. The lowest BCUT2D eigenvalue weighted by Gasteiger charge is -2.20. The van der Waals surface area contributed by atoms with Crippen LogP contribution in [0.2, 0.25) is 5.02 Å². The molecule has 0 aliphatic heterocycles. The van der Waals surface area contributed by atoms with E-state index in [0.717, 1.165) is 53.3 Å². The van der Waals surface area contributed by atoms with Crippen molar-refractivity contribution in [2.45, 2.75) is 44.5 Å². The Morgan fingerprint density at radius 2 is 1.70 bits per heavy atom. The number of aromatic nitrogens is 3. The maximum Gasteiger partial charge on any atom is 0.212 e. The Balaban J connectivity index is 1.76. The SMILES string of the molecule is CCCc1nnc(SCc2ccc(Cl)cc2)n1/N=C\c1ccc(N(CC)CC)cc1. The van der Waals surface area contributed by atoms with E-state index in [2.05, 4.69) is 60.1 Å². The average Bonchev–Trinajstić information content (AvgIpc) is 3.15. The van der Waals surface area contributed by atoms with Crippen LogP contribution in [0.4, 0.5) is 5.69 Å². The molecule has 2 aromatic carbocycles. The van der Waals surface area contributed by atoms with Gasteiger partial charge in [-0.25, -0.2) is 0 Å². The summed E-state index contributed by atoms with van der Waals surface area (Å²) in [7, 11) is 0. The minimum Gasteiger partial charge on any atom is -0.372 e. The van der Waals surface area contributed by atoms with E-state index >= 15 is 0 Å². The van der Waals surface area contributed by atoms with Crippen molar-refractivity contribution in [3.05, 3.63) is 70.5 Å². The molecule has 5 nitrogen and oxygen atoms in total. The van der Waals surface area contributed by atoms with E-state index in [4.69, 9.17) is 16.7 Å². The molecular formula is C23H28ClN5S. The predicted molar refractivity (Wildman–Crippen MR) is 128 cm³/mol. The molecule has 1 heterocycles. The fourth-order valence-corrected chi connectivity index (χ4v) is 4.08. The highest BCUT2D eigenvalue weighted by atomic mass is 35.5. The fourth-order valence-electron chi connectivity index (χ4n) is 3.09. The second-order valence-electron chi connectivity index (χ2n) is 6.88. The average molecular weight is 442 g/mol. The van der Waals surface area contributed by atoms with Crippen LogP contribution in [-0.2, 0) is 12.2 Å². The first-order valence-electron chi connectivity index (χ1n) is 10.4. The molecule has 3 rings (SSSR count). The van der Waals surface area contributed by atoms with Crippen LogP contribution in [0.5, 0.6) is 0 Å². The smallest absolute Gasteiger partial charge is 0.212 e. The summed E-state index contributed by atoms with van der Waals surface area (Å²) in [6, 6.07) is 16.4. The second-order valence-corrected chi connectivity index (χ2v) is 8.26. The molecule has 1 aromatic heterocycles. The summed E-state index contributed by atoms with van der Waals surface area (Å²) in [5.74, 6) is 1.67. The van der Waals surface area contributed by atoms with Crippen LogP contribution >= 0.6 is 23.4 Å². The van der Waals surface area contributed by atoms with Crippen LogP contribution in [-0.4, -0.2) is 34.2 Å². The molecule has 30 heavy (non-hydrogen) atoms. The van der Waals surface area contributed by atoms with Crippen LogP contribution < -0.4 is 4.90 Å². The van der Waals surface area contributed by atoms with Gasteiger partial charge < -0.3 is 4.90 Å². The number of nitrogens with zero attached hydrogens (tertiary/aromatic N) is 5. The third kappa shape index (κ3) is 5.86. The fraction of sp³-hybridized carbons (Fsp3) is 0.348. The van der Waals surface area contributed by atoms with E-state index in [9.17, 15) is 0 Å². The normalized spacial score (nSPS) is 11.3. The van der Waals surface area contributed by atoms with Gasteiger partial charge in [-0.05, 0) is 55.7 Å². The van der Waals surface area contributed by atoms with Crippen molar-refractivity contribution in [1.82, 2.24) is 14.9 Å². The highest BCUT2D eigenvalue weighted by Gasteiger charge is 2.12. The zero-order chi connectivity index (χ0) is 21.3. The standard InChI is InChI=1S/C23H28ClN5S/c1-4-7-22-26-27-23(30-17-19-8-12-20(24)13-9-19)29(22)25-16-18-10-14-21(15-11-18)28(5-2)6-3/h8-16H,4-7,17H2,1-3H3/b25-16-. The molecule has 0 aliphatic rings. The molecule has 158 valence electrons. The first kappa shape index (κ1) is 22.4. The van der Waals surface area contributed by atoms with E-state index in [0.29, 0.717) is 0 Å². The molecular weight excluding hydrogens is 414 g/mol. The summed E-state index contributed by atoms with van der Waals surface area (Å²) in [6.45, 7) is 8.47. The maximum atomic E-state index is 5.98. The minimum absolute atomic E-state index is 0.744. The number of anilines is 1. The molecule has 0 saturated carbocycles. The Hall–Kier alpha value is -2.31. The topological polar surface area (TPSA) is 46.3 Å². The maximum absolute atomic E-state index is 5.98. The molecule has 0 spiro atoms. The van der Waals surface area contributed by atoms with Gasteiger partial charge in [-0.2, -0.15) is 9.78 Å². The van der Waals surface area contributed by atoms with E-state index in [1.807, 2.05) is 35.2 Å². The van der Waals surface area contributed by atoms with Gasteiger partial charge in [-0.3, -0.25) is 0 Å². The van der Waals surface area contributed by atoms with Gasteiger partial charge in [0.25, 0.3) is 0 Å². The van der Waals surface area contributed by atoms with Crippen molar-refractivity contribution < 1.29 is 0 Å². The zero-order valence-corrected chi connectivity index (χ0v) is 19.3. The van der Waals surface area contributed by atoms with E-state index in [1.165, 1.54) is 11.3 Å².